The van der Waals surface area contributed by atoms with Gasteiger partial charge < -0.3 is 11.1 Å². The van der Waals surface area contributed by atoms with Crippen LogP contribution in [0.4, 0.5) is 5.13 Å². The van der Waals surface area contributed by atoms with Gasteiger partial charge in [0.2, 0.25) is 5.28 Å². The fraction of sp³-hybridized carbons (Fsp3) is 0.278. The van der Waals surface area contributed by atoms with Crippen molar-refractivity contribution in [3.05, 3.63) is 47.4 Å². The second kappa shape index (κ2) is 7.07. The van der Waals surface area contributed by atoms with E-state index >= 15 is 0 Å². The van der Waals surface area contributed by atoms with Crippen LogP contribution < -0.4 is 11.1 Å². The number of halogens is 1. The first-order valence-corrected chi connectivity index (χ1v) is 9.21. The van der Waals surface area contributed by atoms with Gasteiger partial charge in [0.1, 0.15) is 0 Å². The molecular weight excluding hydrogens is 354 g/mol. The zero-order valence-corrected chi connectivity index (χ0v) is 15.9. The molecule has 25 heavy (non-hydrogen) atoms. The van der Waals surface area contributed by atoms with Crippen molar-refractivity contribution in [2.24, 2.45) is 5.73 Å². The van der Waals surface area contributed by atoms with Crippen LogP contribution >= 0.6 is 22.9 Å². The predicted octanol–water partition coefficient (Wildman–Crippen LogP) is 4.55. The maximum absolute atomic E-state index is 6.26. The topological polar surface area (TPSA) is 76.7 Å². The van der Waals surface area contributed by atoms with Crippen LogP contribution in [0.3, 0.4) is 0 Å². The van der Waals surface area contributed by atoms with Gasteiger partial charge in [-0.3, -0.25) is 0 Å². The van der Waals surface area contributed by atoms with Gasteiger partial charge >= 0.3 is 0 Å². The molecule has 0 bridgehead atoms. The molecule has 0 saturated carbocycles. The van der Waals surface area contributed by atoms with Crippen molar-refractivity contribution >= 4 is 28.1 Å². The summed E-state index contributed by atoms with van der Waals surface area (Å²) in [6, 6.07) is 9.99. The maximum Gasteiger partial charge on any atom is 0.222 e. The Morgan fingerprint density at radius 1 is 1.24 bits per heavy atom. The van der Waals surface area contributed by atoms with Gasteiger partial charge in [-0.05, 0) is 50.1 Å². The number of thiazole rings is 1. The quantitative estimate of drug-likeness (QED) is 0.642. The van der Waals surface area contributed by atoms with E-state index < -0.39 is 5.54 Å². The molecule has 7 heteroatoms. The number of nitrogens with zero attached hydrogens (tertiary/aromatic N) is 3. The summed E-state index contributed by atoms with van der Waals surface area (Å²) in [5.41, 5.74) is 9.51. The zero-order valence-electron chi connectivity index (χ0n) is 14.4. The van der Waals surface area contributed by atoms with Crippen LogP contribution in [0.25, 0.3) is 21.8 Å². The number of aromatic nitrogens is 3. The van der Waals surface area contributed by atoms with Crippen LogP contribution in [0.1, 0.15) is 26.3 Å². The van der Waals surface area contributed by atoms with E-state index in [1.807, 2.05) is 45.0 Å². The third-order valence-corrected chi connectivity index (χ3v) is 4.91. The van der Waals surface area contributed by atoms with Gasteiger partial charge in [-0.25, -0.2) is 15.0 Å². The van der Waals surface area contributed by atoms with E-state index in [9.17, 15) is 0 Å². The summed E-state index contributed by atoms with van der Waals surface area (Å²) in [6.45, 7) is 6.82. The molecule has 3 N–H and O–H groups in total. The van der Waals surface area contributed by atoms with E-state index in [0.29, 0.717) is 0 Å². The summed E-state index contributed by atoms with van der Waals surface area (Å²) in [6.07, 6.45) is 1.65. The number of hydrogen-bond acceptors (Lipinski definition) is 6. The number of benzene rings is 1. The van der Waals surface area contributed by atoms with Crippen LogP contribution in [-0.4, -0.2) is 21.5 Å². The van der Waals surface area contributed by atoms with Crippen molar-refractivity contribution in [1.29, 1.82) is 0 Å². The van der Waals surface area contributed by atoms with E-state index in [4.69, 9.17) is 22.3 Å². The third-order valence-electron chi connectivity index (χ3n) is 3.69. The van der Waals surface area contributed by atoms with Crippen LogP contribution in [0.2, 0.25) is 5.28 Å². The molecule has 130 valence electrons. The van der Waals surface area contributed by atoms with E-state index in [2.05, 4.69) is 21.4 Å². The lowest BCUT2D eigenvalue weighted by atomic mass is 9.93. The largest absolute Gasteiger partial charge is 0.362 e. The molecular formula is C18H20ClN5S. The molecule has 0 aliphatic heterocycles. The molecule has 3 aromatic rings. The van der Waals surface area contributed by atoms with Crippen LogP contribution in [0, 0.1) is 0 Å². The molecule has 0 aliphatic rings. The first-order valence-electron chi connectivity index (χ1n) is 8.02. The van der Waals surface area contributed by atoms with E-state index in [0.717, 1.165) is 39.1 Å². The highest BCUT2D eigenvalue weighted by Crippen LogP contribution is 2.39. The molecule has 0 radical (unpaired) electrons. The molecule has 0 spiro atoms. The summed E-state index contributed by atoms with van der Waals surface area (Å²) >= 11 is 7.53. The number of rotatable bonds is 5. The van der Waals surface area contributed by atoms with Crippen molar-refractivity contribution in [1.82, 2.24) is 15.0 Å². The lowest BCUT2D eigenvalue weighted by Gasteiger charge is -2.19. The van der Waals surface area contributed by atoms with Crippen molar-refractivity contribution < 1.29 is 0 Å². The highest BCUT2D eigenvalue weighted by atomic mass is 35.5. The summed E-state index contributed by atoms with van der Waals surface area (Å²) in [4.78, 5) is 14.0. The molecule has 0 aliphatic carbocycles. The van der Waals surface area contributed by atoms with Gasteiger partial charge in [-0.15, -0.1) is 0 Å². The Bertz CT molecular complexity index is 885. The Hall–Kier alpha value is -2.02. The molecule has 1 aromatic carbocycles. The smallest absolute Gasteiger partial charge is 0.222 e. The third kappa shape index (κ3) is 3.98. The maximum atomic E-state index is 6.26. The van der Waals surface area contributed by atoms with Crippen molar-refractivity contribution in [2.75, 3.05) is 11.9 Å². The number of anilines is 1. The first-order chi connectivity index (χ1) is 11.9. The molecule has 0 amide bonds. The normalized spacial score (nSPS) is 11.6. The molecule has 0 saturated heterocycles. The minimum Gasteiger partial charge on any atom is -0.362 e. The SMILES string of the molecule is CCNc1nc(-c2cccc(C(C)(C)N)c2)c(-c2ccnc(Cl)n2)s1. The predicted molar refractivity (Wildman–Crippen MR) is 105 cm³/mol. The lowest BCUT2D eigenvalue weighted by molar-refractivity contribution is 0.554. The van der Waals surface area contributed by atoms with Crippen molar-refractivity contribution in [3.63, 3.8) is 0 Å². The average Bonchev–Trinajstić information content (AvgIpc) is 2.99. The lowest BCUT2D eigenvalue weighted by Crippen LogP contribution is -2.28. The number of hydrogen-bond donors (Lipinski definition) is 2. The molecule has 3 rings (SSSR count). The van der Waals surface area contributed by atoms with Crippen molar-refractivity contribution in [3.8, 4) is 21.8 Å². The average molecular weight is 374 g/mol. The Morgan fingerprint density at radius 2 is 2.04 bits per heavy atom. The second-order valence-electron chi connectivity index (χ2n) is 6.24. The molecule has 5 nitrogen and oxygen atoms in total. The number of nitrogens with two attached hydrogens (primary N) is 1. The highest BCUT2D eigenvalue weighted by Gasteiger charge is 2.19. The molecule has 2 aromatic heterocycles. The fourth-order valence-corrected chi connectivity index (χ4v) is 3.62. The zero-order chi connectivity index (χ0) is 18.0. The summed E-state index contributed by atoms with van der Waals surface area (Å²) in [7, 11) is 0. The van der Waals surface area contributed by atoms with E-state index in [-0.39, 0.29) is 5.28 Å². The summed E-state index contributed by atoms with van der Waals surface area (Å²) < 4.78 is 0. The van der Waals surface area contributed by atoms with E-state index in [1.165, 1.54) is 0 Å². The minimum atomic E-state index is -0.422. The second-order valence-corrected chi connectivity index (χ2v) is 7.58. The van der Waals surface area contributed by atoms with Crippen LogP contribution in [-0.2, 0) is 5.54 Å². The fourth-order valence-electron chi connectivity index (χ4n) is 2.44. The monoisotopic (exact) mass is 373 g/mol. The Balaban J connectivity index is 2.15. The number of nitrogens with one attached hydrogen (secondary N) is 1. The highest BCUT2D eigenvalue weighted by molar-refractivity contribution is 7.19. The van der Waals surface area contributed by atoms with Gasteiger partial charge in [-0.2, -0.15) is 0 Å². The van der Waals surface area contributed by atoms with Gasteiger partial charge in [0.05, 0.1) is 16.3 Å². The molecule has 0 atom stereocenters. The van der Waals surface area contributed by atoms with Gasteiger partial charge in [0.25, 0.3) is 0 Å². The van der Waals surface area contributed by atoms with Gasteiger partial charge in [-0.1, -0.05) is 29.5 Å². The Labute approximate surface area is 156 Å². The van der Waals surface area contributed by atoms with Crippen molar-refractivity contribution in [2.45, 2.75) is 26.3 Å². The summed E-state index contributed by atoms with van der Waals surface area (Å²) in [5, 5.41) is 4.34. The molecule has 0 unspecified atom stereocenters. The van der Waals surface area contributed by atoms with Gasteiger partial charge in [0.15, 0.2) is 5.13 Å². The van der Waals surface area contributed by atoms with Gasteiger partial charge in [0, 0.05) is 23.8 Å². The molecule has 2 heterocycles. The Morgan fingerprint density at radius 3 is 2.72 bits per heavy atom. The molecule has 0 fully saturated rings. The van der Waals surface area contributed by atoms with Crippen LogP contribution in [0.5, 0.6) is 0 Å². The van der Waals surface area contributed by atoms with E-state index in [1.54, 1.807) is 17.5 Å². The van der Waals surface area contributed by atoms with Crippen LogP contribution in [0.15, 0.2) is 36.5 Å². The minimum absolute atomic E-state index is 0.221. The summed E-state index contributed by atoms with van der Waals surface area (Å²) in [5.74, 6) is 0. The first kappa shape index (κ1) is 17.8. The Kier molecular flexibility index (Phi) is 5.03. The standard InChI is InChI=1S/C18H20ClN5S/c1-4-21-17-24-14(11-6-5-7-12(10-11)18(2,3)20)15(25-17)13-8-9-22-16(19)23-13/h5-10H,4,20H2,1-3H3,(H,21,24).